The first-order chi connectivity index (χ1) is 12.5. The van der Waals surface area contributed by atoms with Gasteiger partial charge in [0.15, 0.2) is 0 Å². The van der Waals surface area contributed by atoms with Gasteiger partial charge in [0.2, 0.25) is 10.0 Å². The fourth-order valence-corrected chi connectivity index (χ4v) is 4.09. The van der Waals surface area contributed by atoms with Gasteiger partial charge < -0.3 is 10.6 Å². The van der Waals surface area contributed by atoms with Crippen LogP contribution < -0.4 is 10.6 Å². The molecule has 1 aliphatic heterocycles. The quantitative estimate of drug-likeness (QED) is 0.773. The Balaban J connectivity index is 1.55. The average molecular weight is 382 g/mol. The molecule has 2 aromatic rings. The van der Waals surface area contributed by atoms with Crippen molar-refractivity contribution < 1.29 is 17.6 Å². The van der Waals surface area contributed by atoms with Crippen LogP contribution in [0, 0.1) is 5.82 Å². The molecule has 1 aromatic carbocycles. The smallest absolute Gasteiger partial charge is 0.319 e. The number of urea groups is 1. The Morgan fingerprint density at radius 1 is 1.19 bits per heavy atom. The van der Waals surface area contributed by atoms with Gasteiger partial charge >= 0.3 is 6.03 Å². The molecule has 140 valence electrons. The van der Waals surface area contributed by atoms with Crippen LogP contribution in [0.3, 0.4) is 0 Å². The number of hydrogen-bond donors (Lipinski definition) is 2. The largest absolute Gasteiger partial charge is 0.337 e. The van der Waals surface area contributed by atoms with Crippen LogP contribution in [0.25, 0.3) is 5.69 Å². The molecule has 2 N–H and O–H groups in total. The highest BCUT2D eigenvalue weighted by Gasteiger charge is 2.24. The minimum atomic E-state index is -3.37. The molecule has 1 fully saturated rings. The standard InChI is InChI=1S/C15H19FN6O3S/c16-13-4-3-12(21-10-18-19-11-21)9-14(13)20-15(23)17-5-8-26(24,25)22-6-1-2-7-22/h3-4,9-11H,1-2,5-8H2,(H2,17,20,23). The Morgan fingerprint density at radius 2 is 1.88 bits per heavy atom. The fourth-order valence-electron chi connectivity index (χ4n) is 2.66. The number of sulfonamides is 1. The molecule has 1 aromatic heterocycles. The third-order valence-electron chi connectivity index (χ3n) is 4.02. The van der Waals surface area contributed by atoms with Gasteiger partial charge in [-0.3, -0.25) is 4.57 Å². The molecule has 11 heteroatoms. The third-order valence-corrected chi connectivity index (χ3v) is 5.89. The van der Waals surface area contributed by atoms with E-state index in [9.17, 15) is 17.6 Å². The van der Waals surface area contributed by atoms with Gasteiger partial charge in [0, 0.05) is 19.6 Å². The van der Waals surface area contributed by atoms with Crippen LogP contribution in [0.1, 0.15) is 12.8 Å². The molecule has 2 heterocycles. The molecule has 26 heavy (non-hydrogen) atoms. The van der Waals surface area contributed by atoms with Crippen LogP contribution in [0.15, 0.2) is 30.9 Å². The Hall–Kier alpha value is -2.53. The van der Waals surface area contributed by atoms with Gasteiger partial charge in [-0.25, -0.2) is 21.9 Å². The molecule has 0 atom stereocenters. The average Bonchev–Trinajstić information content (AvgIpc) is 3.30. The number of benzene rings is 1. The number of nitrogens with one attached hydrogen (secondary N) is 2. The summed E-state index contributed by atoms with van der Waals surface area (Å²) in [5.41, 5.74) is 0.541. The number of carbonyl (C=O) groups excluding carboxylic acids is 1. The van der Waals surface area contributed by atoms with Crippen molar-refractivity contribution in [2.45, 2.75) is 12.8 Å². The second-order valence-corrected chi connectivity index (χ2v) is 7.92. The number of carbonyl (C=O) groups is 1. The summed E-state index contributed by atoms with van der Waals surface area (Å²) < 4.78 is 41.1. The summed E-state index contributed by atoms with van der Waals surface area (Å²) in [5.74, 6) is -0.800. The number of anilines is 1. The van der Waals surface area contributed by atoms with Crippen LogP contribution in [0.2, 0.25) is 0 Å². The Bertz CT molecular complexity index is 866. The summed E-state index contributed by atoms with van der Waals surface area (Å²) >= 11 is 0. The molecule has 1 saturated heterocycles. The Morgan fingerprint density at radius 3 is 2.58 bits per heavy atom. The highest BCUT2D eigenvalue weighted by molar-refractivity contribution is 7.89. The van der Waals surface area contributed by atoms with Crippen molar-refractivity contribution in [3.8, 4) is 5.69 Å². The van der Waals surface area contributed by atoms with E-state index in [2.05, 4.69) is 20.8 Å². The lowest BCUT2D eigenvalue weighted by atomic mass is 10.2. The van der Waals surface area contributed by atoms with E-state index in [1.54, 1.807) is 4.57 Å². The number of hydrogen-bond acceptors (Lipinski definition) is 5. The van der Waals surface area contributed by atoms with Gasteiger partial charge in [-0.2, -0.15) is 0 Å². The molecule has 0 saturated carbocycles. The highest BCUT2D eigenvalue weighted by atomic mass is 32.2. The van der Waals surface area contributed by atoms with Gasteiger partial charge in [-0.1, -0.05) is 0 Å². The van der Waals surface area contributed by atoms with Gasteiger partial charge in [-0.15, -0.1) is 10.2 Å². The van der Waals surface area contributed by atoms with Crippen molar-refractivity contribution in [1.29, 1.82) is 0 Å². The van der Waals surface area contributed by atoms with Gasteiger partial charge in [0.1, 0.15) is 18.5 Å². The van der Waals surface area contributed by atoms with Crippen molar-refractivity contribution in [3.63, 3.8) is 0 Å². The van der Waals surface area contributed by atoms with E-state index in [0.717, 1.165) is 12.8 Å². The van der Waals surface area contributed by atoms with E-state index in [4.69, 9.17) is 0 Å². The third kappa shape index (κ3) is 4.35. The van der Waals surface area contributed by atoms with Crippen molar-refractivity contribution in [2.24, 2.45) is 0 Å². The van der Waals surface area contributed by atoms with Crippen molar-refractivity contribution in [3.05, 3.63) is 36.7 Å². The summed E-state index contributed by atoms with van der Waals surface area (Å²) in [4.78, 5) is 11.9. The zero-order valence-corrected chi connectivity index (χ0v) is 14.7. The SMILES string of the molecule is O=C(NCCS(=O)(=O)N1CCCC1)Nc1cc(-n2cnnc2)ccc1F. The van der Waals surface area contributed by atoms with Gasteiger partial charge in [-0.05, 0) is 31.0 Å². The molecular formula is C15H19FN6O3S. The molecule has 0 radical (unpaired) electrons. The molecule has 2 amide bonds. The molecule has 9 nitrogen and oxygen atoms in total. The zero-order chi connectivity index (χ0) is 18.6. The zero-order valence-electron chi connectivity index (χ0n) is 13.9. The lowest BCUT2D eigenvalue weighted by molar-refractivity contribution is 0.252. The normalized spacial score (nSPS) is 15.1. The van der Waals surface area contributed by atoms with E-state index in [-0.39, 0.29) is 18.0 Å². The van der Waals surface area contributed by atoms with Gasteiger partial charge in [0.25, 0.3) is 0 Å². The van der Waals surface area contributed by atoms with E-state index in [1.165, 1.54) is 35.2 Å². The molecule has 0 unspecified atom stereocenters. The predicted octanol–water partition coefficient (Wildman–Crippen LogP) is 0.953. The van der Waals surface area contributed by atoms with Gasteiger partial charge in [0.05, 0.1) is 17.1 Å². The second-order valence-electron chi connectivity index (χ2n) is 5.84. The summed E-state index contributed by atoms with van der Waals surface area (Å²) in [5, 5.41) is 12.2. The predicted molar refractivity (Wildman–Crippen MR) is 92.9 cm³/mol. The molecule has 0 spiro atoms. The number of aromatic nitrogens is 3. The van der Waals surface area contributed by atoms with Crippen molar-refractivity contribution in [1.82, 2.24) is 24.4 Å². The molecule has 3 rings (SSSR count). The van der Waals surface area contributed by atoms with E-state index in [0.29, 0.717) is 18.8 Å². The lowest BCUT2D eigenvalue weighted by Gasteiger charge is -2.15. The first-order valence-corrected chi connectivity index (χ1v) is 9.74. The van der Waals surface area contributed by atoms with Crippen LogP contribution in [-0.2, 0) is 10.0 Å². The number of rotatable bonds is 6. The summed E-state index contributed by atoms with van der Waals surface area (Å²) in [7, 11) is -3.37. The number of nitrogens with zero attached hydrogens (tertiary/aromatic N) is 4. The fraction of sp³-hybridized carbons (Fsp3) is 0.400. The lowest BCUT2D eigenvalue weighted by Crippen LogP contribution is -2.37. The van der Waals surface area contributed by atoms with Crippen LogP contribution in [-0.4, -0.2) is 58.9 Å². The molecule has 1 aliphatic rings. The first kappa shape index (κ1) is 18.3. The second kappa shape index (κ2) is 7.79. The van der Waals surface area contributed by atoms with Crippen LogP contribution in [0.4, 0.5) is 14.9 Å². The van der Waals surface area contributed by atoms with E-state index < -0.39 is 21.9 Å². The summed E-state index contributed by atoms with van der Waals surface area (Å²) in [6, 6.07) is 3.48. The molecular weight excluding hydrogens is 363 g/mol. The minimum absolute atomic E-state index is 0.0314. The van der Waals surface area contributed by atoms with Crippen molar-refractivity contribution >= 4 is 21.7 Å². The maximum absolute atomic E-state index is 13.9. The van der Waals surface area contributed by atoms with Crippen molar-refractivity contribution in [2.75, 3.05) is 30.7 Å². The Labute approximate surface area is 150 Å². The maximum Gasteiger partial charge on any atom is 0.319 e. The highest BCUT2D eigenvalue weighted by Crippen LogP contribution is 2.18. The van der Waals surface area contributed by atoms with Crippen LogP contribution in [0.5, 0.6) is 0 Å². The summed E-state index contributed by atoms with van der Waals surface area (Å²) in [6.07, 6.45) is 4.60. The topological polar surface area (TPSA) is 109 Å². The number of halogens is 1. The number of amides is 2. The Kier molecular flexibility index (Phi) is 5.47. The summed E-state index contributed by atoms with van der Waals surface area (Å²) in [6.45, 7) is 0.989. The maximum atomic E-state index is 13.9. The van der Waals surface area contributed by atoms with E-state index in [1.807, 2.05) is 0 Å². The molecule has 0 bridgehead atoms. The van der Waals surface area contributed by atoms with E-state index >= 15 is 0 Å². The monoisotopic (exact) mass is 382 g/mol. The minimum Gasteiger partial charge on any atom is -0.337 e. The van der Waals surface area contributed by atoms with Crippen LogP contribution >= 0.6 is 0 Å². The first-order valence-electron chi connectivity index (χ1n) is 8.13. The molecule has 0 aliphatic carbocycles.